The monoisotopic (exact) mass is 265 g/mol. The molecule has 4 atom stereocenters. The topological polar surface area (TPSA) is 33.1 Å². The van der Waals surface area contributed by atoms with Crippen LogP contribution >= 0.6 is 11.6 Å². The van der Waals surface area contributed by atoms with Gasteiger partial charge in [0, 0.05) is 12.4 Å². The van der Waals surface area contributed by atoms with Crippen molar-refractivity contribution in [3.63, 3.8) is 0 Å². The Morgan fingerprint density at radius 1 is 1.39 bits per heavy atom. The third kappa shape index (κ3) is 2.55. The standard InChI is InChI=1S/C15H20ClNO/c16-15-9-17-4-3-12(15)7-14(18)8-13-6-10-1-2-11(13)5-10/h3-4,9-11,13-14,18H,1-2,5-8H2. The molecule has 2 aliphatic carbocycles. The number of halogens is 1. The van der Waals surface area contributed by atoms with Crippen molar-refractivity contribution in [3.8, 4) is 0 Å². The molecule has 2 aliphatic rings. The van der Waals surface area contributed by atoms with Crippen LogP contribution in [0, 0.1) is 17.8 Å². The molecule has 0 amide bonds. The molecule has 2 saturated carbocycles. The van der Waals surface area contributed by atoms with Crippen molar-refractivity contribution in [1.82, 2.24) is 4.98 Å². The average molecular weight is 266 g/mol. The van der Waals surface area contributed by atoms with Crippen LogP contribution in [0.1, 0.15) is 37.7 Å². The molecule has 18 heavy (non-hydrogen) atoms. The molecule has 98 valence electrons. The molecule has 3 heteroatoms. The summed E-state index contributed by atoms with van der Waals surface area (Å²) in [4.78, 5) is 3.97. The number of aromatic nitrogens is 1. The number of aliphatic hydroxyl groups is 1. The fraction of sp³-hybridized carbons (Fsp3) is 0.667. The molecule has 4 unspecified atom stereocenters. The van der Waals surface area contributed by atoms with Gasteiger partial charge in [-0.05, 0) is 61.5 Å². The van der Waals surface area contributed by atoms with Crippen molar-refractivity contribution in [1.29, 1.82) is 0 Å². The molecule has 0 spiro atoms. The van der Waals surface area contributed by atoms with Crippen LogP contribution < -0.4 is 0 Å². The predicted octanol–water partition coefficient (Wildman–Crippen LogP) is 3.46. The largest absolute Gasteiger partial charge is 0.393 e. The van der Waals surface area contributed by atoms with Crippen LogP contribution in [0.5, 0.6) is 0 Å². The summed E-state index contributed by atoms with van der Waals surface area (Å²) in [6, 6.07) is 1.91. The van der Waals surface area contributed by atoms with Gasteiger partial charge in [-0.2, -0.15) is 0 Å². The highest BCUT2D eigenvalue weighted by Crippen LogP contribution is 2.50. The van der Waals surface area contributed by atoms with Crippen molar-refractivity contribution in [2.45, 2.75) is 44.6 Å². The molecule has 3 rings (SSSR count). The van der Waals surface area contributed by atoms with E-state index in [4.69, 9.17) is 11.6 Å². The van der Waals surface area contributed by atoms with Crippen molar-refractivity contribution in [2.24, 2.45) is 17.8 Å². The molecule has 0 aliphatic heterocycles. The lowest BCUT2D eigenvalue weighted by molar-refractivity contribution is 0.124. The van der Waals surface area contributed by atoms with E-state index in [1.165, 1.54) is 25.7 Å². The van der Waals surface area contributed by atoms with Gasteiger partial charge in [-0.15, -0.1) is 0 Å². The predicted molar refractivity (Wildman–Crippen MR) is 72.5 cm³/mol. The van der Waals surface area contributed by atoms with E-state index in [0.29, 0.717) is 11.4 Å². The number of rotatable bonds is 4. The molecule has 0 aromatic carbocycles. The van der Waals surface area contributed by atoms with Crippen LogP contribution in [0.2, 0.25) is 5.02 Å². The van der Waals surface area contributed by atoms with Crippen LogP contribution in [0.15, 0.2) is 18.5 Å². The first-order chi connectivity index (χ1) is 8.72. The normalized spacial score (nSPS) is 31.8. The smallest absolute Gasteiger partial charge is 0.0622 e. The Balaban J connectivity index is 1.56. The van der Waals surface area contributed by atoms with Crippen molar-refractivity contribution < 1.29 is 5.11 Å². The van der Waals surface area contributed by atoms with Crippen LogP contribution in [0.25, 0.3) is 0 Å². The molecule has 2 nitrogen and oxygen atoms in total. The fourth-order valence-corrected chi connectivity index (χ4v) is 4.12. The Hall–Kier alpha value is -0.600. The second-order valence-electron chi connectivity index (χ2n) is 6.00. The van der Waals surface area contributed by atoms with Crippen molar-refractivity contribution in [2.75, 3.05) is 0 Å². The third-order valence-electron chi connectivity index (χ3n) is 4.77. The molecule has 0 radical (unpaired) electrons. The summed E-state index contributed by atoms with van der Waals surface area (Å²) in [5.41, 5.74) is 1.02. The Morgan fingerprint density at radius 2 is 2.28 bits per heavy atom. The number of pyridine rings is 1. The Bertz CT molecular complexity index is 423. The van der Waals surface area contributed by atoms with E-state index in [9.17, 15) is 5.11 Å². The number of fused-ring (bicyclic) bond motifs is 2. The lowest BCUT2D eigenvalue weighted by Crippen LogP contribution is -2.20. The molecule has 1 aromatic heterocycles. The molecule has 0 saturated heterocycles. The minimum atomic E-state index is -0.255. The highest BCUT2D eigenvalue weighted by Gasteiger charge is 2.39. The van der Waals surface area contributed by atoms with Gasteiger partial charge in [0.1, 0.15) is 0 Å². The van der Waals surface area contributed by atoms with E-state index < -0.39 is 0 Å². The number of hydrogen-bond donors (Lipinski definition) is 1. The highest BCUT2D eigenvalue weighted by molar-refractivity contribution is 6.31. The van der Waals surface area contributed by atoms with Gasteiger partial charge in [-0.3, -0.25) is 4.98 Å². The van der Waals surface area contributed by atoms with Gasteiger partial charge >= 0.3 is 0 Å². The van der Waals surface area contributed by atoms with Gasteiger partial charge in [-0.1, -0.05) is 18.0 Å². The molecule has 1 heterocycles. The van der Waals surface area contributed by atoms with Crippen LogP contribution in [-0.4, -0.2) is 16.2 Å². The quantitative estimate of drug-likeness (QED) is 0.904. The summed E-state index contributed by atoms with van der Waals surface area (Å²) in [5, 5.41) is 10.9. The van der Waals surface area contributed by atoms with Gasteiger partial charge in [0.15, 0.2) is 0 Å². The minimum Gasteiger partial charge on any atom is -0.393 e. The van der Waals surface area contributed by atoms with Gasteiger partial charge in [0.25, 0.3) is 0 Å². The minimum absolute atomic E-state index is 0.255. The Kier molecular flexibility index (Phi) is 3.58. The second kappa shape index (κ2) is 5.18. The first-order valence-corrected chi connectivity index (χ1v) is 7.36. The zero-order valence-corrected chi connectivity index (χ0v) is 11.3. The van der Waals surface area contributed by atoms with E-state index in [-0.39, 0.29) is 6.10 Å². The van der Waals surface area contributed by atoms with E-state index in [2.05, 4.69) is 4.98 Å². The number of hydrogen-bond acceptors (Lipinski definition) is 2. The van der Waals surface area contributed by atoms with E-state index in [1.54, 1.807) is 12.4 Å². The molecular weight excluding hydrogens is 246 g/mol. The Labute approximate surface area is 113 Å². The summed E-state index contributed by atoms with van der Waals surface area (Å²) in [7, 11) is 0. The van der Waals surface area contributed by atoms with Gasteiger partial charge in [0.05, 0.1) is 11.1 Å². The summed E-state index contributed by atoms with van der Waals surface area (Å²) >= 11 is 6.07. The Morgan fingerprint density at radius 3 is 2.94 bits per heavy atom. The summed E-state index contributed by atoms with van der Waals surface area (Å²) in [6.45, 7) is 0. The maximum Gasteiger partial charge on any atom is 0.0622 e. The molecule has 1 N–H and O–H groups in total. The van der Waals surface area contributed by atoms with E-state index in [1.807, 2.05) is 6.07 Å². The summed E-state index contributed by atoms with van der Waals surface area (Å²) < 4.78 is 0. The fourth-order valence-electron chi connectivity index (χ4n) is 3.92. The maximum absolute atomic E-state index is 10.2. The third-order valence-corrected chi connectivity index (χ3v) is 5.11. The average Bonchev–Trinajstić information content (AvgIpc) is 2.94. The zero-order chi connectivity index (χ0) is 12.5. The van der Waals surface area contributed by atoms with E-state index >= 15 is 0 Å². The summed E-state index contributed by atoms with van der Waals surface area (Å²) in [5.74, 6) is 2.59. The van der Waals surface area contributed by atoms with E-state index in [0.717, 1.165) is 29.7 Å². The lowest BCUT2D eigenvalue weighted by Gasteiger charge is -2.24. The van der Waals surface area contributed by atoms with Crippen LogP contribution in [0.4, 0.5) is 0 Å². The lowest BCUT2D eigenvalue weighted by atomic mass is 9.84. The highest BCUT2D eigenvalue weighted by atomic mass is 35.5. The number of aliphatic hydroxyl groups excluding tert-OH is 1. The first kappa shape index (κ1) is 12.4. The SMILES string of the molecule is OC(Cc1ccncc1Cl)CC1CC2CCC1C2. The van der Waals surface area contributed by atoms with Crippen molar-refractivity contribution >= 4 is 11.6 Å². The zero-order valence-electron chi connectivity index (χ0n) is 10.6. The van der Waals surface area contributed by atoms with Crippen molar-refractivity contribution in [3.05, 3.63) is 29.0 Å². The first-order valence-electron chi connectivity index (χ1n) is 6.99. The second-order valence-corrected chi connectivity index (χ2v) is 6.40. The molecule has 2 bridgehead atoms. The summed E-state index contributed by atoms with van der Waals surface area (Å²) in [6.07, 6.45) is 10.3. The molecule has 1 aromatic rings. The molecule has 2 fully saturated rings. The maximum atomic E-state index is 10.2. The number of nitrogens with zero attached hydrogens (tertiary/aromatic N) is 1. The van der Waals surface area contributed by atoms with Crippen LogP contribution in [-0.2, 0) is 6.42 Å². The van der Waals surface area contributed by atoms with Crippen LogP contribution in [0.3, 0.4) is 0 Å². The molecular formula is C15H20ClNO. The van der Waals surface area contributed by atoms with Gasteiger partial charge in [0.2, 0.25) is 0 Å². The van der Waals surface area contributed by atoms with Gasteiger partial charge in [-0.25, -0.2) is 0 Å². The van der Waals surface area contributed by atoms with Gasteiger partial charge < -0.3 is 5.11 Å².